The number of methoxy groups -OCH3 is 1. The van der Waals surface area contributed by atoms with Crippen molar-refractivity contribution in [2.75, 3.05) is 24.8 Å². The van der Waals surface area contributed by atoms with Gasteiger partial charge >= 0.3 is 6.09 Å². The number of aromatic nitrogens is 3. The van der Waals surface area contributed by atoms with Crippen molar-refractivity contribution in [1.29, 1.82) is 0 Å². The first kappa shape index (κ1) is 34.1. The van der Waals surface area contributed by atoms with Crippen molar-refractivity contribution in [3.63, 3.8) is 0 Å². The van der Waals surface area contributed by atoms with E-state index >= 15 is 0 Å². The number of hydrogen-bond acceptors (Lipinski definition) is 10. The van der Waals surface area contributed by atoms with Crippen LogP contribution in [0.2, 0.25) is 0 Å². The number of aliphatic hydroxyl groups excluding tert-OH is 1. The summed E-state index contributed by atoms with van der Waals surface area (Å²) in [5, 5.41) is 21.7. The Balaban J connectivity index is 0.978. The average Bonchev–Trinajstić information content (AvgIpc) is 3.51. The van der Waals surface area contributed by atoms with E-state index in [-0.39, 0.29) is 30.4 Å². The lowest BCUT2D eigenvalue weighted by Gasteiger charge is -2.37. The molecule has 2 aromatic carbocycles. The molecular weight excluding hydrogens is 677 g/mol. The van der Waals surface area contributed by atoms with E-state index < -0.39 is 18.2 Å². The van der Waals surface area contributed by atoms with Gasteiger partial charge in [0.2, 0.25) is 11.8 Å². The van der Waals surface area contributed by atoms with Gasteiger partial charge in [-0.1, -0.05) is 48.5 Å². The van der Waals surface area contributed by atoms with Crippen LogP contribution in [-0.2, 0) is 16.1 Å². The number of carbonyl (C=O) groups is 2. The number of fused-ring (bicyclic) bond motifs is 5. The Kier molecular flexibility index (Phi) is 9.76. The third kappa shape index (κ3) is 6.93. The van der Waals surface area contributed by atoms with Crippen molar-refractivity contribution in [3.05, 3.63) is 107 Å². The Morgan fingerprint density at radius 3 is 2.46 bits per heavy atom. The number of amides is 2. The maximum Gasteiger partial charge on any atom is 0.407 e. The van der Waals surface area contributed by atoms with Gasteiger partial charge in [0.15, 0.2) is 0 Å². The van der Waals surface area contributed by atoms with Crippen LogP contribution in [-0.4, -0.2) is 63.6 Å². The summed E-state index contributed by atoms with van der Waals surface area (Å²) in [6, 6.07) is 25.4. The van der Waals surface area contributed by atoms with Gasteiger partial charge in [-0.15, -0.1) is 11.8 Å². The molecule has 0 bridgehead atoms. The SMILES string of the molecule is COc1ccc2nccc([C@@H](O)[C@H](NC(=O)OCC3c4ccccc4-c4ccccc43)[C@H]3CC[C@H](NCc4ccc5c(n4)NC(=O)CS5)CC3)c2n1. The molecular formula is C40H40N6O5S. The topological polar surface area (TPSA) is 148 Å². The zero-order chi connectivity index (χ0) is 35.6. The van der Waals surface area contributed by atoms with Crippen molar-refractivity contribution in [1.82, 2.24) is 25.6 Å². The van der Waals surface area contributed by atoms with E-state index in [1.165, 1.54) is 11.8 Å². The van der Waals surface area contributed by atoms with Crippen molar-refractivity contribution in [3.8, 4) is 17.0 Å². The fourth-order valence-corrected chi connectivity index (χ4v) is 8.59. The molecule has 8 rings (SSSR count). The van der Waals surface area contributed by atoms with Crippen LogP contribution < -0.4 is 20.7 Å². The maximum atomic E-state index is 13.7. The van der Waals surface area contributed by atoms with Crippen molar-refractivity contribution in [2.24, 2.45) is 5.92 Å². The molecule has 266 valence electrons. The number of hydrogen-bond donors (Lipinski definition) is 4. The minimum absolute atomic E-state index is 0.0311. The highest BCUT2D eigenvalue weighted by atomic mass is 32.2. The number of rotatable bonds is 10. The van der Waals surface area contributed by atoms with E-state index in [1.54, 1.807) is 25.4 Å². The Morgan fingerprint density at radius 1 is 0.962 bits per heavy atom. The monoisotopic (exact) mass is 716 g/mol. The molecule has 2 aliphatic carbocycles. The first-order valence-corrected chi connectivity index (χ1v) is 18.7. The predicted molar refractivity (Wildman–Crippen MR) is 199 cm³/mol. The highest BCUT2D eigenvalue weighted by molar-refractivity contribution is 8.00. The summed E-state index contributed by atoms with van der Waals surface area (Å²) in [4.78, 5) is 40.3. The lowest BCUT2D eigenvalue weighted by atomic mass is 9.78. The number of thioether (sulfide) groups is 1. The molecule has 2 atom stereocenters. The number of benzene rings is 2. The first-order valence-electron chi connectivity index (χ1n) is 17.7. The Bertz CT molecular complexity index is 2080. The van der Waals surface area contributed by atoms with Crippen LogP contribution >= 0.6 is 11.8 Å². The minimum atomic E-state index is -1.08. The Morgan fingerprint density at radius 2 is 1.71 bits per heavy atom. The lowest BCUT2D eigenvalue weighted by Crippen LogP contribution is -2.47. The normalized spacial score (nSPS) is 19.2. The van der Waals surface area contributed by atoms with Crippen LogP contribution in [0, 0.1) is 5.92 Å². The van der Waals surface area contributed by atoms with E-state index in [9.17, 15) is 14.7 Å². The number of ether oxygens (including phenoxy) is 2. The zero-order valence-electron chi connectivity index (χ0n) is 28.7. The van der Waals surface area contributed by atoms with Gasteiger partial charge in [-0.25, -0.2) is 14.8 Å². The second kappa shape index (κ2) is 14.9. The third-order valence-electron chi connectivity index (χ3n) is 10.5. The van der Waals surface area contributed by atoms with Crippen LogP contribution in [0.3, 0.4) is 0 Å². The highest BCUT2D eigenvalue weighted by Crippen LogP contribution is 2.44. The number of nitrogens with zero attached hydrogens (tertiary/aromatic N) is 3. The molecule has 4 N–H and O–H groups in total. The summed E-state index contributed by atoms with van der Waals surface area (Å²) in [5.41, 5.74) is 7.17. The molecule has 1 aliphatic heterocycles. The van der Waals surface area contributed by atoms with E-state index in [0.29, 0.717) is 40.6 Å². The molecule has 0 unspecified atom stereocenters. The smallest absolute Gasteiger partial charge is 0.407 e. The van der Waals surface area contributed by atoms with Crippen molar-refractivity contribution in [2.45, 2.75) is 61.2 Å². The Hall–Kier alpha value is -5.04. The van der Waals surface area contributed by atoms with E-state index in [4.69, 9.17) is 9.47 Å². The molecule has 1 saturated carbocycles. The number of carbonyl (C=O) groups excluding carboxylic acids is 2. The molecule has 4 heterocycles. The third-order valence-corrected chi connectivity index (χ3v) is 11.5. The van der Waals surface area contributed by atoms with Crippen LogP contribution in [0.15, 0.2) is 90.0 Å². The molecule has 52 heavy (non-hydrogen) atoms. The van der Waals surface area contributed by atoms with Gasteiger partial charge in [-0.3, -0.25) is 9.78 Å². The lowest BCUT2D eigenvalue weighted by molar-refractivity contribution is -0.113. The van der Waals surface area contributed by atoms with Crippen molar-refractivity contribution < 1.29 is 24.2 Å². The molecule has 12 heteroatoms. The molecule has 3 aromatic heterocycles. The molecule has 0 spiro atoms. The molecule has 0 radical (unpaired) electrons. The number of pyridine rings is 3. The minimum Gasteiger partial charge on any atom is -0.481 e. The quantitative estimate of drug-likeness (QED) is 0.129. The predicted octanol–water partition coefficient (Wildman–Crippen LogP) is 6.37. The van der Waals surface area contributed by atoms with E-state index in [2.05, 4.69) is 55.2 Å². The molecule has 3 aliphatic rings. The van der Waals surface area contributed by atoms with Gasteiger partial charge in [0.1, 0.15) is 18.5 Å². The zero-order valence-corrected chi connectivity index (χ0v) is 29.6. The fraction of sp³-hybridized carbons (Fsp3) is 0.325. The van der Waals surface area contributed by atoms with E-state index in [0.717, 1.165) is 58.5 Å². The van der Waals surface area contributed by atoms with Gasteiger partial charge in [-0.05, 0) is 78.1 Å². The second-order valence-electron chi connectivity index (χ2n) is 13.5. The molecule has 11 nitrogen and oxygen atoms in total. The number of alkyl carbamates (subject to hydrolysis) is 1. The van der Waals surface area contributed by atoms with Crippen LogP contribution in [0.4, 0.5) is 10.6 Å². The van der Waals surface area contributed by atoms with Gasteiger partial charge in [0.05, 0.1) is 40.5 Å². The second-order valence-corrected chi connectivity index (χ2v) is 14.6. The molecule has 1 fully saturated rings. The summed E-state index contributed by atoms with van der Waals surface area (Å²) < 4.78 is 11.4. The number of anilines is 1. The van der Waals surface area contributed by atoms with Gasteiger partial charge in [0.25, 0.3) is 0 Å². The Labute approximate surface area is 306 Å². The average molecular weight is 717 g/mol. The van der Waals surface area contributed by atoms with Gasteiger partial charge < -0.3 is 30.5 Å². The van der Waals surface area contributed by atoms with Crippen LogP contribution in [0.25, 0.3) is 22.2 Å². The van der Waals surface area contributed by atoms with E-state index in [1.807, 2.05) is 42.5 Å². The summed E-state index contributed by atoms with van der Waals surface area (Å²) in [5.74, 6) is 1.29. The first-order chi connectivity index (χ1) is 25.4. The fourth-order valence-electron chi connectivity index (χ4n) is 7.84. The summed E-state index contributed by atoms with van der Waals surface area (Å²) in [6.45, 7) is 0.749. The summed E-state index contributed by atoms with van der Waals surface area (Å²) in [6.07, 6.45) is 3.24. The van der Waals surface area contributed by atoms with Crippen molar-refractivity contribution >= 4 is 40.6 Å². The number of nitrogens with one attached hydrogen (secondary N) is 3. The molecule has 5 aromatic rings. The highest BCUT2D eigenvalue weighted by Gasteiger charge is 2.36. The summed E-state index contributed by atoms with van der Waals surface area (Å²) >= 11 is 1.50. The maximum absolute atomic E-state index is 13.7. The van der Waals surface area contributed by atoms with Gasteiger partial charge in [0, 0.05) is 36.3 Å². The summed E-state index contributed by atoms with van der Waals surface area (Å²) in [7, 11) is 1.55. The molecule has 0 saturated heterocycles. The van der Waals surface area contributed by atoms with Crippen LogP contribution in [0.1, 0.15) is 60.1 Å². The van der Waals surface area contributed by atoms with Gasteiger partial charge in [-0.2, -0.15) is 0 Å². The molecule has 2 amide bonds. The van der Waals surface area contributed by atoms with Crippen LogP contribution in [0.5, 0.6) is 5.88 Å². The number of aliphatic hydroxyl groups is 1. The largest absolute Gasteiger partial charge is 0.481 e. The standard InChI is InChI=1S/C40H40N6O5S/c1-50-35-17-15-32-37(45-35)30(18-19-41-32)38(48)36(46-40(49)51-21-31-28-8-4-2-6-26(28)27-7-3-5-9-29(27)31)23-10-12-24(13-11-23)42-20-25-14-16-33-39(43-25)44-34(47)22-52-33/h2-9,14-19,23-24,31,36,38,42,48H,10-13,20-22H2,1H3,(H,46,49)(H,43,44,47)/t23-,24-,36-,38-/m1/s1.